The molecule has 2 amide bonds. The van der Waals surface area contributed by atoms with Crippen LogP contribution in [0.1, 0.15) is 33.1 Å². The molecule has 0 spiro atoms. The van der Waals surface area contributed by atoms with Gasteiger partial charge in [0.2, 0.25) is 0 Å². The summed E-state index contributed by atoms with van der Waals surface area (Å²) in [7, 11) is 0. The van der Waals surface area contributed by atoms with E-state index in [1.165, 1.54) is 0 Å². The van der Waals surface area contributed by atoms with Crippen molar-refractivity contribution in [3.8, 4) is 0 Å². The molecule has 0 aliphatic carbocycles. The number of likely N-dealkylation sites (tertiary alicyclic amines) is 1. The average molecular weight is 268 g/mol. The van der Waals surface area contributed by atoms with E-state index < -0.39 is 5.97 Å². The summed E-state index contributed by atoms with van der Waals surface area (Å²) in [4.78, 5) is 24.5. The molecule has 1 saturated heterocycles. The van der Waals surface area contributed by atoms with Crippen LogP contribution in [0.4, 0.5) is 4.79 Å². The van der Waals surface area contributed by atoms with Crippen LogP contribution in [0.2, 0.25) is 0 Å². The van der Waals surface area contributed by atoms with Crippen LogP contribution in [0.15, 0.2) is 12.7 Å². The number of hydrogen-bond acceptors (Lipinski definition) is 2. The molecule has 1 aliphatic heterocycles. The molecule has 108 valence electrons. The number of piperidine rings is 1. The highest BCUT2D eigenvalue weighted by Crippen LogP contribution is 2.26. The van der Waals surface area contributed by atoms with Crippen LogP contribution in [-0.4, -0.2) is 41.1 Å². The van der Waals surface area contributed by atoms with E-state index in [9.17, 15) is 9.59 Å². The van der Waals surface area contributed by atoms with Crippen LogP contribution >= 0.6 is 0 Å². The van der Waals surface area contributed by atoms with Gasteiger partial charge in [0, 0.05) is 25.6 Å². The average Bonchev–Trinajstić information content (AvgIpc) is 2.37. The van der Waals surface area contributed by atoms with Crippen molar-refractivity contribution >= 4 is 12.0 Å². The van der Waals surface area contributed by atoms with Gasteiger partial charge >= 0.3 is 12.0 Å². The lowest BCUT2D eigenvalue weighted by Crippen LogP contribution is -2.48. The normalized spacial score (nSPS) is 22.4. The van der Waals surface area contributed by atoms with Crippen LogP contribution in [0.5, 0.6) is 0 Å². The molecule has 1 aliphatic rings. The first kappa shape index (κ1) is 15.5. The van der Waals surface area contributed by atoms with E-state index in [-0.39, 0.29) is 30.3 Å². The second kappa shape index (κ2) is 7.16. The molecular weight excluding hydrogens is 244 g/mol. The lowest BCUT2D eigenvalue weighted by Gasteiger charge is -2.35. The van der Waals surface area contributed by atoms with Gasteiger partial charge in [-0.15, -0.1) is 6.58 Å². The fourth-order valence-electron chi connectivity index (χ4n) is 2.45. The minimum atomic E-state index is -0.769. The number of nitrogens with zero attached hydrogens (tertiary/aromatic N) is 1. The summed E-state index contributed by atoms with van der Waals surface area (Å²) in [5.74, 6) is -0.395. The minimum Gasteiger partial charge on any atom is -0.481 e. The topological polar surface area (TPSA) is 69.6 Å². The molecule has 3 atom stereocenters. The Morgan fingerprint density at radius 3 is 2.79 bits per heavy atom. The first-order valence-corrected chi connectivity index (χ1v) is 6.83. The molecule has 0 bridgehead atoms. The first-order chi connectivity index (χ1) is 8.93. The molecule has 5 nitrogen and oxygen atoms in total. The first-order valence-electron chi connectivity index (χ1n) is 6.83. The molecule has 0 aromatic rings. The third-order valence-electron chi connectivity index (χ3n) is 3.75. The maximum atomic E-state index is 12.0. The van der Waals surface area contributed by atoms with E-state index in [1.54, 1.807) is 11.0 Å². The van der Waals surface area contributed by atoms with Crippen LogP contribution < -0.4 is 5.32 Å². The van der Waals surface area contributed by atoms with E-state index in [0.29, 0.717) is 6.54 Å². The van der Waals surface area contributed by atoms with Gasteiger partial charge in [0.05, 0.1) is 0 Å². The van der Waals surface area contributed by atoms with Crippen LogP contribution in [0.3, 0.4) is 0 Å². The SMILES string of the molecule is C=CC(C)NC(=O)N1CCCC(C(C)CC(=O)O)C1. The second-order valence-corrected chi connectivity index (χ2v) is 5.40. The van der Waals surface area contributed by atoms with Crippen molar-refractivity contribution in [1.29, 1.82) is 0 Å². The Balaban J connectivity index is 2.51. The summed E-state index contributed by atoms with van der Waals surface area (Å²) >= 11 is 0. The van der Waals surface area contributed by atoms with E-state index in [4.69, 9.17) is 5.11 Å². The van der Waals surface area contributed by atoms with Gasteiger partial charge in [0.25, 0.3) is 0 Å². The Kier molecular flexibility index (Phi) is 5.86. The second-order valence-electron chi connectivity index (χ2n) is 5.40. The number of carbonyl (C=O) groups excluding carboxylic acids is 1. The Labute approximate surface area is 114 Å². The number of rotatable bonds is 5. The summed E-state index contributed by atoms with van der Waals surface area (Å²) < 4.78 is 0. The Hall–Kier alpha value is -1.52. The molecule has 0 aromatic carbocycles. The van der Waals surface area contributed by atoms with E-state index in [1.807, 2.05) is 13.8 Å². The molecule has 2 N–H and O–H groups in total. The van der Waals surface area contributed by atoms with Crippen molar-refractivity contribution in [2.45, 2.75) is 39.2 Å². The maximum Gasteiger partial charge on any atom is 0.317 e. The molecule has 1 fully saturated rings. The fourth-order valence-corrected chi connectivity index (χ4v) is 2.45. The van der Waals surface area contributed by atoms with Crippen molar-refractivity contribution in [3.05, 3.63) is 12.7 Å². The third-order valence-corrected chi connectivity index (χ3v) is 3.75. The molecule has 0 saturated carbocycles. The van der Waals surface area contributed by atoms with Gasteiger partial charge in [0.1, 0.15) is 0 Å². The Bertz CT molecular complexity index is 344. The predicted octanol–water partition coefficient (Wildman–Crippen LogP) is 2.09. The number of amides is 2. The van der Waals surface area contributed by atoms with Gasteiger partial charge in [-0.05, 0) is 31.6 Å². The lowest BCUT2D eigenvalue weighted by atomic mass is 9.85. The van der Waals surface area contributed by atoms with Gasteiger partial charge in [0.15, 0.2) is 0 Å². The highest BCUT2D eigenvalue weighted by Gasteiger charge is 2.28. The van der Waals surface area contributed by atoms with E-state index >= 15 is 0 Å². The molecule has 1 heterocycles. The largest absolute Gasteiger partial charge is 0.481 e. The molecule has 19 heavy (non-hydrogen) atoms. The van der Waals surface area contributed by atoms with Gasteiger partial charge < -0.3 is 15.3 Å². The number of aliphatic carboxylic acids is 1. The van der Waals surface area contributed by atoms with Crippen molar-refractivity contribution in [2.75, 3.05) is 13.1 Å². The van der Waals surface area contributed by atoms with Crippen molar-refractivity contribution in [3.63, 3.8) is 0 Å². The molecule has 0 aromatic heterocycles. The zero-order valence-corrected chi connectivity index (χ0v) is 11.8. The summed E-state index contributed by atoms with van der Waals surface area (Å²) in [6.07, 6.45) is 3.79. The van der Waals surface area contributed by atoms with Crippen LogP contribution in [-0.2, 0) is 4.79 Å². The zero-order chi connectivity index (χ0) is 14.4. The van der Waals surface area contributed by atoms with Crippen molar-refractivity contribution in [2.24, 2.45) is 11.8 Å². The fraction of sp³-hybridized carbons (Fsp3) is 0.714. The summed E-state index contributed by atoms with van der Waals surface area (Å²) in [5, 5.41) is 11.7. The molecular formula is C14H24N2O3. The maximum absolute atomic E-state index is 12.0. The monoisotopic (exact) mass is 268 g/mol. The highest BCUT2D eigenvalue weighted by molar-refractivity contribution is 5.74. The predicted molar refractivity (Wildman–Crippen MR) is 73.9 cm³/mol. The molecule has 1 rings (SSSR count). The van der Waals surface area contributed by atoms with E-state index in [0.717, 1.165) is 19.4 Å². The lowest BCUT2D eigenvalue weighted by molar-refractivity contribution is -0.138. The Morgan fingerprint density at radius 1 is 1.53 bits per heavy atom. The molecule has 0 radical (unpaired) electrons. The highest BCUT2D eigenvalue weighted by atomic mass is 16.4. The number of carboxylic acid groups (broad SMARTS) is 1. The number of carbonyl (C=O) groups is 2. The number of nitrogens with one attached hydrogen (secondary N) is 1. The van der Waals surface area contributed by atoms with E-state index in [2.05, 4.69) is 11.9 Å². The Morgan fingerprint density at radius 2 is 2.21 bits per heavy atom. The smallest absolute Gasteiger partial charge is 0.317 e. The summed E-state index contributed by atoms with van der Waals surface area (Å²) in [6.45, 7) is 8.85. The summed E-state index contributed by atoms with van der Waals surface area (Å²) in [6, 6.07) is -0.135. The standard InChI is InChI=1S/C14H24N2O3/c1-4-11(3)15-14(19)16-7-5-6-12(9-16)10(2)8-13(17)18/h4,10-12H,1,5-9H2,2-3H3,(H,15,19)(H,17,18). The third kappa shape index (κ3) is 4.93. The van der Waals surface area contributed by atoms with Gasteiger partial charge in [-0.3, -0.25) is 4.79 Å². The number of carboxylic acids is 1. The van der Waals surface area contributed by atoms with Crippen LogP contribution in [0, 0.1) is 11.8 Å². The van der Waals surface area contributed by atoms with Crippen molar-refractivity contribution in [1.82, 2.24) is 10.2 Å². The number of hydrogen-bond donors (Lipinski definition) is 2. The van der Waals surface area contributed by atoms with Gasteiger partial charge in [-0.1, -0.05) is 13.0 Å². The van der Waals surface area contributed by atoms with Crippen LogP contribution in [0.25, 0.3) is 0 Å². The van der Waals surface area contributed by atoms with Gasteiger partial charge in [-0.25, -0.2) is 4.79 Å². The zero-order valence-electron chi connectivity index (χ0n) is 11.8. The number of urea groups is 1. The quantitative estimate of drug-likeness (QED) is 0.750. The molecule has 3 unspecified atom stereocenters. The van der Waals surface area contributed by atoms with Crippen molar-refractivity contribution < 1.29 is 14.7 Å². The molecule has 5 heteroatoms. The minimum absolute atomic E-state index is 0.0516. The summed E-state index contributed by atoms with van der Waals surface area (Å²) in [5.41, 5.74) is 0. The van der Waals surface area contributed by atoms with Gasteiger partial charge in [-0.2, -0.15) is 0 Å².